The van der Waals surface area contributed by atoms with E-state index >= 15 is 0 Å². The summed E-state index contributed by atoms with van der Waals surface area (Å²) in [6.07, 6.45) is -16.4. The van der Waals surface area contributed by atoms with Gasteiger partial charge in [-0.2, -0.15) is 0 Å². The molecule has 13 heteroatoms. The number of carboxylic acid groups (broad SMARTS) is 1. The van der Waals surface area contributed by atoms with Gasteiger partial charge in [0, 0.05) is 7.11 Å². The molecule has 26 heavy (non-hydrogen) atoms. The summed E-state index contributed by atoms with van der Waals surface area (Å²) in [6, 6.07) is 0. The van der Waals surface area contributed by atoms with Gasteiger partial charge in [-0.1, -0.05) is 0 Å². The van der Waals surface area contributed by atoms with Crippen molar-refractivity contribution in [2.45, 2.75) is 61.4 Å². The Hall–Kier alpha value is 0.0700. The fraction of sp³-hybridized carbons (Fsp3) is 0.923. The number of carbonyl (C=O) groups excluding carboxylic acids is 1. The maximum absolute atomic E-state index is 10.9. The van der Waals surface area contributed by atoms with Gasteiger partial charge in [0.2, 0.25) is 0 Å². The van der Waals surface area contributed by atoms with Gasteiger partial charge >= 0.3 is 29.6 Å². The van der Waals surface area contributed by atoms with Crippen LogP contribution in [0.4, 0.5) is 0 Å². The summed E-state index contributed by atoms with van der Waals surface area (Å²) in [4.78, 5) is 10.9. The third-order valence-electron chi connectivity index (χ3n) is 4.13. The van der Waals surface area contributed by atoms with Crippen LogP contribution in [0.3, 0.4) is 0 Å². The fourth-order valence-corrected chi connectivity index (χ4v) is 2.62. The molecule has 2 rings (SSSR count). The van der Waals surface area contributed by atoms with E-state index in [1.807, 2.05) is 0 Å². The van der Waals surface area contributed by atoms with E-state index in [1.54, 1.807) is 0 Å². The number of carbonyl (C=O) groups is 1. The summed E-state index contributed by atoms with van der Waals surface area (Å²) < 4.78 is 20.0. The molecule has 0 amide bonds. The minimum absolute atomic E-state index is 0. The van der Waals surface area contributed by atoms with Crippen LogP contribution < -0.4 is 34.7 Å². The van der Waals surface area contributed by atoms with Gasteiger partial charge < -0.3 is 59.5 Å². The number of aliphatic carboxylic acids is 1. The Morgan fingerprint density at radius 2 is 1.42 bits per heavy atom. The second kappa shape index (κ2) is 10.0. The molecule has 0 aromatic carbocycles. The first-order valence-electron chi connectivity index (χ1n) is 7.43. The molecule has 6 N–H and O–H groups in total. The van der Waals surface area contributed by atoms with E-state index < -0.39 is 74.0 Å². The number of aliphatic hydroxyl groups is 6. The van der Waals surface area contributed by atoms with Crippen molar-refractivity contribution >= 4 is 5.97 Å². The van der Waals surface area contributed by atoms with Gasteiger partial charge in [-0.3, -0.25) is 0 Å². The van der Waals surface area contributed by atoms with Gasteiger partial charge in [-0.05, 0) is 0 Å². The smallest absolute Gasteiger partial charge is 0.547 e. The second-order valence-electron chi connectivity index (χ2n) is 5.80. The number of methoxy groups -OCH3 is 1. The van der Waals surface area contributed by atoms with Gasteiger partial charge in [0.25, 0.3) is 0 Å². The molecule has 0 aromatic heterocycles. The van der Waals surface area contributed by atoms with Gasteiger partial charge in [0.1, 0.15) is 48.8 Å². The third-order valence-corrected chi connectivity index (χ3v) is 4.13. The number of rotatable bonds is 5. The molecule has 2 fully saturated rings. The van der Waals surface area contributed by atoms with Crippen LogP contribution in [0, 0.1) is 0 Å². The van der Waals surface area contributed by atoms with Crippen LogP contribution in [0.25, 0.3) is 0 Å². The topological polar surface area (TPSA) is 198 Å². The summed E-state index contributed by atoms with van der Waals surface area (Å²) in [5, 5.41) is 69.2. The first kappa shape index (κ1) is 24.1. The number of hydrogen-bond donors (Lipinski definition) is 6. The van der Waals surface area contributed by atoms with E-state index in [-0.39, 0.29) is 29.6 Å². The van der Waals surface area contributed by atoms with Crippen molar-refractivity contribution in [2.75, 3.05) is 13.7 Å². The molecule has 0 unspecified atom stereocenters. The van der Waals surface area contributed by atoms with Crippen LogP contribution in [0.2, 0.25) is 0 Å². The molecule has 2 heterocycles. The first-order chi connectivity index (χ1) is 11.7. The van der Waals surface area contributed by atoms with Crippen molar-refractivity contribution in [2.24, 2.45) is 0 Å². The number of hydrogen-bond acceptors (Lipinski definition) is 12. The van der Waals surface area contributed by atoms with E-state index in [4.69, 9.17) is 18.9 Å². The molecule has 0 aromatic rings. The monoisotopic (exact) mass is 392 g/mol. The molecule has 10 atom stereocenters. The molecule has 0 spiro atoms. The molecule has 12 nitrogen and oxygen atoms in total. The van der Waals surface area contributed by atoms with Crippen LogP contribution in [-0.2, 0) is 23.7 Å². The summed E-state index contributed by atoms with van der Waals surface area (Å²) in [6.45, 7) is -0.519. The quantitative estimate of drug-likeness (QED) is 0.242. The Morgan fingerprint density at radius 3 is 1.96 bits per heavy atom. The molecule has 0 radical (unpaired) electrons. The minimum Gasteiger partial charge on any atom is -0.547 e. The first-order valence-corrected chi connectivity index (χ1v) is 7.43. The molecule has 2 aliphatic rings. The van der Waals surface area contributed by atoms with Crippen molar-refractivity contribution in [3.8, 4) is 0 Å². The molecule has 0 bridgehead atoms. The predicted molar refractivity (Wildman–Crippen MR) is 71.3 cm³/mol. The number of carboxylic acids is 1. The second-order valence-corrected chi connectivity index (χ2v) is 5.80. The van der Waals surface area contributed by atoms with Crippen molar-refractivity contribution in [3.05, 3.63) is 0 Å². The van der Waals surface area contributed by atoms with Crippen LogP contribution in [-0.4, -0.2) is 112 Å². The molecular weight excluding hydrogens is 371 g/mol. The summed E-state index contributed by atoms with van der Waals surface area (Å²) >= 11 is 0. The maximum atomic E-state index is 10.9. The van der Waals surface area contributed by atoms with Gasteiger partial charge in [-0.15, -0.1) is 0 Å². The summed E-state index contributed by atoms with van der Waals surface area (Å²) in [7, 11) is 1.20. The normalized spacial score (nSPS) is 46.4. The standard InChI is InChI=1S/C13H22O12.Na/c1-22-12-8(18)5(15)4(14)3(24-12)2-23-13-9(19)6(16)7(17)10(25-13)11(20)21;/h3-10,12-19H,2H2,1H3,(H,20,21);/q;+1/p-1/t3-,4-,5+,6+,7+,8-,9-,10+,12-,13-;/m1./s1. The number of ether oxygens (including phenoxy) is 4. The van der Waals surface area contributed by atoms with Crippen LogP contribution in [0.5, 0.6) is 0 Å². The number of aliphatic hydroxyl groups excluding tert-OH is 6. The van der Waals surface area contributed by atoms with E-state index in [9.17, 15) is 40.5 Å². The SMILES string of the molecule is CO[C@@H]1O[C@H](CO[C@@H]2O[C@H](C(=O)[O-])[C@@H](O)[C@H](O)[C@H]2O)[C@@H](O)[C@H](O)[C@H]1O.[Na+]. The maximum Gasteiger partial charge on any atom is 1.00 e. The van der Waals surface area contributed by atoms with E-state index in [0.717, 1.165) is 0 Å². The molecule has 0 saturated carbocycles. The van der Waals surface area contributed by atoms with Gasteiger partial charge in [0.05, 0.1) is 12.6 Å². The van der Waals surface area contributed by atoms with Crippen molar-refractivity contribution in [3.63, 3.8) is 0 Å². The Balaban J connectivity index is 0.00000338. The fourth-order valence-electron chi connectivity index (χ4n) is 2.62. The zero-order valence-electron chi connectivity index (χ0n) is 14.1. The summed E-state index contributed by atoms with van der Waals surface area (Å²) in [5.74, 6) is -1.82. The van der Waals surface area contributed by atoms with Gasteiger partial charge in [-0.25, -0.2) is 0 Å². The third kappa shape index (κ3) is 4.91. The summed E-state index contributed by atoms with van der Waals surface area (Å²) in [5.41, 5.74) is 0. The minimum atomic E-state index is -1.94. The average Bonchev–Trinajstić information content (AvgIpc) is 2.58. The molecular formula is C13H21NaO12. The van der Waals surface area contributed by atoms with Crippen LogP contribution in [0.15, 0.2) is 0 Å². The van der Waals surface area contributed by atoms with Crippen molar-refractivity contribution in [1.29, 1.82) is 0 Å². The molecule has 2 aliphatic heterocycles. The Labute approximate surface area is 170 Å². The Morgan fingerprint density at radius 1 is 0.885 bits per heavy atom. The van der Waals surface area contributed by atoms with Crippen LogP contribution >= 0.6 is 0 Å². The molecule has 2 saturated heterocycles. The van der Waals surface area contributed by atoms with E-state index in [0.29, 0.717) is 0 Å². The molecule has 146 valence electrons. The molecule has 0 aliphatic carbocycles. The zero-order chi connectivity index (χ0) is 18.9. The van der Waals surface area contributed by atoms with Crippen molar-refractivity contribution in [1.82, 2.24) is 0 Å². The average molecular weight is 392 g/mol. The van der Waals surface area contributed by atoms with Crippen LogP contribution in [0.1, 0.15) is 0 Å². The van der Waals surface area contributed by atoms with E-state index in [1.165, 1.54) is 7.11 Å². The largest absolute Gasteiger partial charge is 1.00 e. The zero-order valence-corrected chi connectivity index (χ0v) is 16.1. The van der Waals surface area contributed by atoms with Gasteiger partial charge in [0.15, 0.2) is 12.6 Å². The Kier molecular flexibility index (Phi) is 9.29. The predicted octanol–water partition coefficient (Wildman–Crippen LogP) is -8.98. The van der Waals surface area contributed by atoms with E-state index in [2.05, 4.69) is 0 Å². The Bertz CT molecular complexity index is 464. The van der Waals surface area contributed by atoms with Crippen molar-refractivity contribution < 1.29 is 89.0 Å².